The molecule has 0 aliphatic carbocycles. The molecule has 0 fully saturated rings. The van der Waals surface area contributed by atoms with E-state index in [0.29, 0.717) is 0 Å². The van der Waals surface area contributed by atoms with Gasteiger partial charge >= 0.3 is 0 Å². The van der Waals surface area contributed by atoms with Crippen LogP contribution in [0, 0.1) is 0 Å². The van der Waals surface area contributed by atoms with E-state index in [1.165, 1.54) is 10.4 Å². The second-order valence-electron chi connectivity index (χ2n) is 5.22. The van der Waals surface area contributed by atoms with Gasteiger partial charge in [-0.1, -0.05) is 30.3 Å². The molecule has 5 heteroatoms. The first-order chi connectivity index (χ1) is 10.3. The molecule has 3 aromatic rings. The third-order valence-electron chi connectivity index (χ3n) is 3.88. The van der Waals surface area contributed by atoms with Crippen molar-refractivity contribution in [3.05, 3.63) is 58.0 Å². The van der Waals surface area contributed by atoms with Crippen molar-refractivity contribution in [2.75, 3.05) is 6.54 Å². The number of nitrogens with zero attached hydrogens (tertiary/aromatic N) is 3. The fourth-order valence-electron chi connectivity index (χ4n) is 2.84. The Labute approximate surface area is 127 Å². The highest BCUT2D eigenvalue weighted by atomic mass is 32.1. The number of rotatable bonds is 2. The number of hydrogen-bond acceptors (Lipinski definition) is 4. The van der Waals surface area contributed by atoms with E-state index in [1.807, 2.05) is 53.4 Å². The zero-order chi connectivity index (χ0) is 14.2. The number of nitrogens with one attached hydrogen (secondary N) is 1. The van der Waals surface area contributed by atoms with Crippen molar-refractivity contribution < 1.29 is 0 Å². The third-order valence-corrected chi connectivity index (χ3v) is 4.87. The third kappa shape index (κ3) is 2.18. The van der Waals surface area contributed by atoms with Crippen molar-refractivity contribution in [3.63, 3.8) is 0 Å². The highest BCUT2D eigenvalue weighted by Gasteiger charge is 2.26. The summed E-state index contributed by atoms with van der Waals surface area (Å²) in [7, 11) is 1.97. The van der Waals surface area contributed by atoms with Crippen LogP contribution in [0.15, 0.2) is 41.8 Å². The van der Waals surface area contributed by atoms with Crippen LogP contribution in [-0.2, 0) is 13.5 Å². The Balaban J connectivity index is 1.76. The number of aromatic nitrogens is 3. The molecule has 4 nitrogen and oxygen atoms in total. The molecule has 0 amide bonds. The topological polar surface area (TPSA) is 42.7 Å². The summed E-state index contributed by atoms with van der Waals surface area (Å²) in [6.07, 6.45) is 1.10. The fraction of sp³-hybridized carbons (Fsp3) is 0.250. The van der Waals surface area contributed by atoms with E-state index in [4.69, 9.17) is 4.98 Å². The standard InChI is InChI=1S/C16H16N4S/c1-20-16(14-12-8-10-21-13(12)7-9-17-14)18-15(19-20)11-5-3-2-4-6-11/h2-6,8,10,14,17H,7,9H2,1H3. The first-order valence-corrected chi connectivity index (χ1v) is 7.97. The molecule has 1 atom stereocenters. The summed E-state index contributed by atoms with van der Waals surface area (Å²) in [4.78, 5) is 6.24. The van der Waals surface area contributed by atoms with Crippen molar-refractivity contribution in [2.45, 2.75) is 12.5 Å². The van der Waals surface area contributed by atoms with Crippen LogP contribution < -0.4 is 5.32 Å². The second kappa shape index (κ2) is 5.09. The molecule has 21 heavy (non-hydrogen) atoms. The van der Waals surface area contributed by atoms with E-state index in [1.54, 1.807) is 0 Å². The van der Waals surface area contributed by atoms with Crippen molar-refractivity contribution in [1.29, 1.82) is 0 Å². The minimum atomic E-state index is 0.148. The monoisotopic (exact) mass is 296 g/mol. The summed E-state index contributed by atoms with van der Waals surface area (Å²) < 4.78 is 1.90. The van der Waals surface area contributed by atoms with Crippen molar-refractivity contribution in [1.82, 2.24) is 20.1 Å². The van der Waals surface area contributed by atoms with Crippen LogP contribution in [0.3, 0.4) is 0 Å². The molecule has 1 N–H and O–H groups in total. The van der Waals surface area contributed by atoms with Gasteiger partial charge in [-0.15, -0.1) is 11.3 Å². The zero-order valence-electron chi connectivity index (χ0n) is 11.8. The molecule has 0 saturated heterocycles. The maximum Gasteiger partial charge on any atom is 0.181 e. The van der Waals surface area contributed by atoms with Gasteiger partial charge in [0.2, 0.25) is 0 Å². The van der Waals surface area contributed by atoms with E-state index in [9.17, 15) is 0 Å². The lowest BCUT2D eigenvalue weighted by Gasteiger charge is -2.23. The normalized spacial score (nSPS) is 17.7. The molecule has 0 radical (unpaired) electrons. The van der Waals surface area contributed by atoms with Gasteiger partial charge < -0.3 is 5.32 Å². The Kier molecular flexibility index (Phi) is 3.09. The summed E-state index contributed by atoms with van der Waals surface area (Å²) in [6.45, 7) is 0.992. The average Bonchev–Trinajstić information content (AvgIpc) is 3.14. The molecule has 4 rings (SSSR count). The van der Waals surface area contributed by atoms with E-state index in [2.05, 4.69) is 21.9 Å². The number of hydrogen-bond donors (Lipinski definition) is 1. The van der Waals surface area contributed by atoms with Crippen LogP contribution in [-0.4, -0.2) is 21.3 Å². The van der Waals surface area contributed by atoms with Crippen molar-refractivity contribution in [2.24, 2.45) is 7.05 Å². The van der Waals surface area contributed by atoms with E-state index < -0.39 is 0 Å². The molecule has 1 aliphatic heterocycles. The van der Waals surface area contributed by atoms with E-state index in [0.717, 1.165) is 30.2 Å². The molecular weight excluding hydrogens is 280 g/mol. The minimum absolute atomic E-state index is 0.148. The van der Waals surface area contributed by atoms with E-state index >= 15 is 0 Å². The number of benzene rings is 1. The van der Waals surface area contributed by atoms with Gasteiger partial charge in [-0.05, 0) is 23.4 Å². The summed E-state index contributed by atoms with van der Waals surface area (Å²) in [5.41, 5.74) is 2.40. The number of thiophene rings is 1. The van der Waals surface area contributed by atoms with Crippen molar-refractivity contribution in [3.8, 4) is 11.4 Å². The van der Waals surface area contributed by atoms with Crippen LogP contribution in [0.5, 0.6) is 0 Å². The summed E-state index contributed by atoms with van der Waals surface area (Å²) in [5, 5.41) is 10.3. The Hall–Kier alpha value is -1.98. The van der Waals surface area contributed by atoms with Gasteiger partial charge in [-0.3, -0.25) is 4.68 Å². The van der Waals surface area contributed by atoms with Gasteiger partial charge in [0.05, 0.1) is 6.04 Å². The molecule has 3 heterocycles. The minimum Gasteiger partial charge on any atom is -0.303 e. The Morgan fingerprint density at radius 2 is 2.10 bits per heavy atom. The van der Waals surface area contributed by atoms with Gasteiger partial charge in [0.25, 0.3) is 0 Å². The van der Waals surface area contributed by atoms with Gasteiger partial charge in [0.1, 0.15) is 5.82 Å². The quantitative estimate of drug-likeness (QED) is 0.791. The van der Waals surface area contributed by atoms with Crippen molar-refractivity contribution >= 4 is 11.3 Å². The van der Waals surface area contributed by atoms with Gasteiger partial charge in [0.15, 0.2) is 5.82 Å². The van der Waals surface area contributed by atoms with Crippen LogP contribution in [0.2, 0.25) is 0 Å². The summed E-state index contributed by atoms with van der Waals surface area (Å²) in [6, 6.07) is 12.5. The molecule has 0 bridgehead atoms. The Morgan fingerprint density at radius 3 is 2.95 bits per heavy atom. The lowest BCUT2D eigenvalue weighted by molar-refractivity contribution is 0.523. The van der Waals surface area contributed by atoms with Gasteiger partial charge in [-0.2, -0.15) is 5.10 Å². The lowest BCUT2D eigenvalue weighted by atomic mass is 10.0. The van der Waals surface area contributed by atoms with Crippen LogP contribution in [0.4, 0.5) is 0 Å². The second-order valence-corrected chi connectivity index (χ2v) is 6.22. The van der Waals surface area contributed by atoms with Crippen LogP contribution in [0.1, 0.15) is 22.3 Å². The predicted molar refractivity (Wildman–Crippen MR) is 84.3 cm³/mol. The molecular formula is C16H16N4S. The molecule has 2 aromatic heterocycles. The van der Waals surface area contributed by atoms with E-state index in [-0.39, 0.29) is 6.04 Å². The zero-order valence-corrected chi connectivity index (χ0v) is 12.6. The van der Waals surface area contributed by atoms with Crippen LogP contribution in [0.25, 0.3) is 11.4 Å². The highest BCUT2D eigenvalue weighted by Crippen LogP contribution is 2.31. The molecule has 0 saturated carbocycles. The maximum absolute atomic E-state index is 4.78. The molecule has 0 spiro atoms. The highest BCUT2D eigenvalue weighted by molar-refractivity contribution is 7.10. The number of aryl methyl sites for hydroxylation is 1. The fourth-order valence-corrected chi connectivity index (χ4v) is 3.76. The molecule has 106 valence electrons. The Morgan fingerprint density at radius 1 is 1.24 bits per heavy atom. The van der Waals surface area contributed by atoms with Gasteiger partial charge in [-0.25, -0.2) is 4.98 Å². The Bertz CT molecular complexity index is 760. The summed E-state index contributed by atoms with van der Waals surface area (Å²) in [5.74, 6) is 1.77. The first kappa shape index (κ1) is 12.7. The molecule has 1 aliphatic rings. The first-order valence-electron chi connectivity index (χ1n) is 7.09. The lowest BCUT2D eigenvalue weighted by Crippen LogP contribution is -2.31. The number of fused-ring (bicyclic) bond motifs is 1. The van der Waals surface area contributed by atoms with Gasteiger partial charge in [0, 0.05) is 24.0 Å². The molecule has 1 aromatic carbocycles. The largest absolute Gasteiger partial charge is 0.303 e. The predicted octanol–water partition coefficient (Wildman–Crippen LogP) is 2.78. The average molecular weight is 296 g/mol. The molecule has 1 unspecified atom stereocenters. The maximum atomic E-state index is 4.78. The summed E-state index contributed by atoms with van der Waals surface area (Å²) >= 11 is 1.84. The smallest absolute Gasteiger partial charge is 0.181 e. The SMILES string of the molecule is Cn1nc(-c2ccccc2)nc1C1NCCc2sccc21. The van der Waals surface area contributed by atoms with Crippen LogP contribution >= 0.6 is 11.3 Å².